The average Bonchev–Trinajstić information content (AvgIpc) is 3.10. The number of hydrogen-bond acceptors (Lipinski definition) is 4. The molecule has 1 saturated carbocycles. The van der Waals surface area contributed by atoms with E-state index >= 15 is 0 Å². The normalized spacial score (nSPS) is 14.8. The minimum Gasteiger partial charge on any atom is -0.353 e. The van der Waals surface area contributed by atoms with Crippen molar-refractivity contribution in [3.8, 4) is 0 Å². The van der Waals surface area contributed by atoms with Gasteiger partial charge in [-0.15, -0.1) is 0 Å². The molecule has 1 aliphatic rings. The van der Waals surface area contributed by atoms with E-state index in [1.807, 2.05) is 41.0 Å². The van der Waals surface area contributed by atoms with E-state index in [4.69, 9.17) is 0 Å². The quantitative estimate of drug-likeness (QED) is 0.734. The van der Waals surface area contributed by atoms with Gasteiger partial charge < -0.3 is 4.90 Å². The number of aryl methyl sites for hydroxylation is 1. The number of fused-ring (bicyclic) bond motifs is 1. The van der Waals surface area contributed by atoms with Gasteiger partial charge in [-0.05, 0) is 18.9 Å². The van der Waals surface area contributed by atoms with E-state index in [2.05, 4.69) is 33.2 Å². The molecule has 0 unspecified atom stereocenters. The Hall–Kier alpha value is -2.37. The zero-order valence-electron chi connectivity index (χ0n) is 12.3. The van der Waals surface area contributed by atoms with Crippen LogP contribution in [0.4, 0.5) is 5.82 Å². The highest BCUT2D eigenvalue weighted by Gasteiger charge is 2.27. The zero-order chi connectivity index (χ0) is 14.4. The van der Waals surface area contributed by atoms with Gasteiger partial charge in [0, 0.05) is 50.7 Å². The smallest absolute Gasteiger partial charge is 0.154 e. The van der Waals surface area contributed by atoms with E-state index < -0.39 is 0 Å². The Bertz CT molecular complexity index is 782. The Balaban J connectivity index is 1.68. The molecular weight excluding hydrogens is 264 g/mol. The molecule has 0 aliphatic heterocycles. The molecule has 0 aromatic carbocycles. The summed E-state index contributed by atoms with van der Waals surface area (Å²) in [6, 6.07) is 2.18. The lowest BCUT2D eigenvalue weighted by molar-refractivity contribution is 0.766. The van der Waals surface area contributed by atoms with Crippen LogP contribution in [0.3, 0.4) is 0 Å². The van der Waals surface area contributed by atoms with Crippen molar-refractivity contribution in [2.24, 2.45) is 7.05 Å². The Kier molecular flexibility index (Phi) is 2.70. The van der Waals surface area contributed by atoms with Gasteiger partial charge in [0.1, 0.15) is 5.52 Å². The van der Waals surface area contributed by atoms with E-state index in [-0.39, 0.29) is 0 Å². The monoisotopic (exact) mass is 282 g/mol. The van der Waals surface area contributed by atoms with Gasteiger partial charge in [-0.1, -0.05) is 0 Å². The van der Waals surface area contributed by atoms with Gasteiger partial charge in [-0.3, -0.25) is 4.68 Å². The largest absolute Gasteiger partial charge is 0.353 e. The van der Waals surface area contributed by atoms with E-state index in [0.29, 0.717) is 5.92 Å². The van der Waals surface area contributed by atoms with Gasteiger partial charge >= 0.3 is 0 Å². The molecule has 0 radical (unpaired) electrons. The number of aromatic nitrogens is 5. The predicted molar refractivity (Wildman–Crippen MR) is 80.3 cm³/mol. The highest BCUT2D eigenvalue weighted by molar-refractivity contribution is 5.69. The molecule has 6 heteroatoms. The molecule has 4 rings (SSSR count). The molecule has 0 spiro atoms. The van der Waals surface area contributed by atoms with Gasteiger partial charge in [-0.2, -0.15) is 10.2 Å². The van der Waals surface area contributed by atoms with Crippen LogP contribution in [0.2, 0.25) is 0 Å². The van der Waals surface area contributed by atoms with Crippen molar-refractivity contribution < 1.29 is 0 Å². The first-order valence-electron chi connectivity index (χ1n) is 7.23. The number of rotatable bonds is 4. The Labute approximate surface area is 123 Å². The third kappa shape index (κ3) is 2.26. The molecule has 0 atom stereocenters. The average molecular weight is 282 g/mol. The van der Waals surface area contributed by atoms with Crippen molar-refractivity contribution in [3.05, 3.63) is 42.1 Å². The SMILES string of the molecule is CN(Cc1cnn(C)c1)c1nccn2nc(C3CC3)cc12. The van der Waals surface area contributed by atoms with Crippen molar-refractivity contribution in [2.45, 2.75) is 25.3 Å². The molecule has 1 fully saturated rings. The molecule has 0 amide bonds. The number of nitrogens with zero attached hydrogens (tertiary/aromatic N) is 6. The molecule has 21 heavy (non-hydrogen) atoms. The summed E-state index contributed by atoms with van der Waals surface area (Å²) in [4.78, 5) is 6.68. The van der Waals surface area contributed by atoms with Gasteiger partial charge in [0.25, 0.3) is 0 Å². The second kappa shape index (κ2) is 4.58. The fourth-order valence-corrected chi connectivity index (χ4v) is 2.70. The summed E-state index contributed by atoms with van der Waals surface area (Å²) in [7, 11) is 3.99. The maximum Gasteiger partial charge on any atom is 0.154 e. The maximum atomic E-state index is 4.66. The van der Waals surface area contributed by atoms with E-state index in [1.165, 1.54) is 24.1 Å². The highest BCUT2D eigenvalue weighted by Crippen LogP contribution is 2.40. The minimum atomic E-state index is 0.654. The Morgan fingerprint density at radius 3 is 2.95 bits per heavy atom. The molecule has 0 N–H and O–H groups in total. The Morgan fingerprint density at radius 1 is 1.38 bits per heavy atom. The molecule has 3 aromatic rings. The fourth-order valence-electron chi connectivity index (χ4n) is 2.70. The van der Waals surface area contributed by atoms with E-state index in [0.717, 1.165) is 17.9 Å². The standard InChI is InChI=1S/C15H18N6/c1-19(9-11-8-17-20(2)10-11)15-14-7-13(12-3-4-12)18-21(14)6-5-16-15/h5-8,10,12H,3-4,9H2,1-2H3. The van der Waals surface area contributed by atoms with Crippen LogP contribution in [0, 0.1) is 0 Å². The van der Waals surface area contributed by atoms with Crippen LogP contribution in [0.5, 0.6) is 0 Å². The second-order valence-corrected chi connectivity index (χ2v) is 5.80. The number of anilines is 1. The summed E-state index contributed by atoms with van der Waals surface area (Å²) in [5.41, 5.74) is 3.44. The lowest BCUT2D eigenvalue weighted by atomic mass is 10.3. The van der Waals surface area contributed by atoms with Crippen LogP contribution >= 0.6 is 0 Å². The maximum absolute atomic E-state index is 4.66. The summed E-state index contributed by atoms with van der Waals surface area (Å²) < 4.78 is 3.76. The molecule has 6 nitrogen and oxygen atoms in total. The lowest BCUT2D eigenvalue weighted by Gasteiger charge is -2.17. The van der Waals surface area contributed by atoms with Crippen LogP contribution in [-0.4, -0.2) is 31.4 Å². The molecule has 1 aliphatic carbocycles. The second-order valence-electron chi connectivity index (χ2n) is 5.80. The summed E-state index contributed by atoms with van der Waals surface area (Å²) in [5.74, 6) is 1.61. The zero-order valence-corrected chi connectivity index (χ0v) is 12.3. The summed E-state index contributed by atoms with van der Waals surface area (Å²) in [5, 5.41) is 8.88. The van der Waals surface area contributed by atoms with Crippen LogP contribution < -0.4 is 4.90 Å². The van der Waals surface area contributed by atoms with Crippen LogP contribution in [-0.2, 0) is 13.6 Å². The molecule has 108 valence electrons. The first-order chi connectivity index (χ1) is 10.2. The molecule has 0 bridgehead atoms. The van der Waals surface area contributed by atoms with Crippen molar-refractivity contribution in [1.29, 1.82) is 0 Å². The van der Waals surface area contributed by atoms with E-state index in [1.54, 1.807) is 0 Å². The topological polar surface area (TPSA) is 51.2 Å². The van der Waals surface area contributed by atoms with Crippen molar-refractivity contribution >= 4 is 11.3 Å². The summed E-state index contributed by atoms with van der Waals surface area (Å²) in [6.07, 6.45) is 10.2. The van der Waals surface area contributed by atoms with Gasteiger partial charge in [0.05, 0.1) is 11.9 Å². The van der Waals surface area contributed by atoms with Gasteiger partial charge in [-0.25, -0.2) is 9.50 Å². The third-order valence-corrected chi connectivity index (χ3v) is 3.92. The molecule has 3 heterocycles. The van der Waals surface area contributed by atoms with Crippen LogP contribution in [0.25, 0.3) is 5.52 Å². The predicted octanol–water partition coefficient (Wildman–Crippen LogP) is 1.98. The molecular formula is C15H18N6. The lowest BCUT2D eigenvalue weighted by Crippen LogP contribution is -2.18. The number of hydrogen-bond donors (Lipinski definition) is 0. The molecule has 0 saturated heterocycles. The van der Waals surface area contributed by atoms with E-state index in [9.17, 15) is 0 Å². The molecule has 3 aromatic heterocycles. The Morgan fingerprint density at radius 2 is 2.24 bits per heavy atom. The van der Waals surface area contributed by atoms with Crippen molar-refractivity contribution in [1.82, 2.24) is 24.4 Å². The summed E-state index contributed by atoms with van der Waals surface area (Å²) >= 11 is 0. The first-order valence-corrected chi connectivity index (χ1v) is 7.23. The highest BCUT2D eigenvalue weighted by atomic mass is 15.3. The first kappa shape index (κ1) is 12.4. The fraction of sp³-hybridized carbons (Fsp3) is 0.400. The van der Waals surface area contributed by atoms with Crippen LogP contribution in [0.1, 0.15) is 30.0 Å². The summed E-state index contributed by atoms with van der Waals surface area (Å²) in [6.45, 7) is 0.782. The van der Waals surface area contributed by atoms with Crippen molar-refractivity contribution in [2.75, 3.05) is 11.9 Å². The minimum absolute atomic E-state index is 0.654. The van der Waals surface area contributed by atoms with Gasteiger partial charge in [0.2, 0.25) is 0 Å². The van der Waals surface area contributed by atoms with Gasteiger partial charge in [0.15, 0.2) is 5.82 Å². The third-order valence-electron chi connectivity index (χ3n) is 3.92. The van der Waals surface area contributed by atoms with Crippen LogP contribution in [0.15, 0.2) is 30.9 Å². The van der Waals surface area contributed by atoms with Crippen molar-refractivity contribution in [3.63, 3.8) is 0 Å².